The molecule has 0 bridgehead atoms. The molecule has 1 aliphatic rings. The molecule has 104 valence electrons. The van der Waals surface area contributed by atoms with Crippen molar-refractivity contribution in [2.75, 3.05) is 18.0 Å². The second-order valence-electron chi connectivity index (χ2n) is 6.56. The van der Waals surface area contributed by atoms with Crippen molar-refractivity contribution in [1.29, 1.82) is 0 Å². The number of nitrogens with two attached hydrogens (primary N) is 1. The van der Waals surface area contributed by atoms with Crippen molar-refractivity contribution in [3.63, 3.8) is 0 Å². The van der Waals surface area contributed by atoms with E-state index in [2.05, 4.69) is 56.0 Å². The first-order chi connectivity index (χ1) is 8.88. The molecule has 1 atom stereocenters. The van der Waals surface area contributed by atoms with Gasteiger partial charge in [0.2, 0.25) is 0 Å². The lowest BCUT2D eigenvalue weighted by Gasteiger charge is -2.33. The Labute approximate surface area is 117 Å². The Hall–Kier alpha value is -1.28. The van der Waals surface area contributed by atoms with Crippen molar-refractivity contribution in [1.82, 2.24) is 0 Å². The predicted molar refractivity (Wildman–Crippen MR) is 83.4 cm³/mol. The van der Waals surface area contributed by atoms with Crippen LogP contribution in [-0.2, 0) is 0 Å². The van der Waals surface area contributed by atoms with Crippen LogP contribution in [0.3, 0.4) is 0 Å². The fourth-order valence-electron chi connectivity index (χ4n) is 2.57. The molecule has 0 saturated carbocycles. The largest absolute Gasteiger partial charge is 0.367 e. The van der Waals surface area contributed by atoms with Crippen molar-refractivity contribution >= 4 is 5.69 Å². The van der Waals surface area contributed by atoms with Gasteiger partial charge < -0.3 is 10.6 Å². The molecule has 1 aromatic rings. The van der Waals surface area contributed by atoms with E-state index in [1.807, 2.05) is 6.92 Å². The zero-order valence-electron chi connectivity index (χ0n) is 12.6. The van der Waals surface area contributed by atoms with Crippen LogP contribution in [0, 0.1) is 5.41 Å². The number of rotatable bonds is 2. The molecular formula is C17H26N2. The Balaban J connectivity index is 2.07. The minimum absolute atomic E-state index is 0.114. The summed E-state index contributed by atoms with van der Waals surface area (Å²) in [7, 11) is 0. The van der Waals surface area contributed by atoms with Gasteiger partial charge in [-0.15, -0.1) is 0 Å². The second-order valence-corrected chi connectivity index (χ2v) is 6.56. The first-order valence-electron chi connectivity index (χ1n) is 7.18. The van der Waals surface area contributed by atoms with E-state index in [1.54, 1.807) is 5.57 Å². The first kappa shape index (κ1) is 14.1. The Morgan fingerprint density at radius 3 is 2.21 bits per heavy atom. The summed E-state index contributed by atoms with van der Waals surface area (Å²) in [5.74, 6) is 0. The predicted octanol–water partition coefficient (Wildman–Crippen LogP) is 3.89. The molecule has 19 heavy (non-hydrogen) atoms. The summed E-state index contributed by atoms with van der Waals surface area (Å²) in [6.45, 7) is 11.0. The molecule has 0 amide bonds. The van der Waals surface area contributed by atoms with Crippen LogP contribution in [0.25, 0.3) is 0 Å². The molecule has 1 aliphatic heterocycles. The maximum atomic E-state index is 5.89. The van der Waals surface area contributed by atoms with Gasteiger partial charge in [0.25, 0.3) is 0 Å². The molecule has 2 N–H and O–H groups in total. The van der Waals surface area contributed by atoms with Gasteiger partial charge in [0.1, 0.15) is 0 Å². The van der Waals surface area contributed by atoms with E-state index in [0.29, 0.717) is 5.41 Å². The van der Waals surface area contributed by atoms with Gasteiger partial charge in [-0.25, -0.2) is 0 Å². The lowest BCUT2D eigenvalue weighted by molar-refractivity contribution is 0.472. The van der Waals surface area contributed by atoms with Crippen molar-refractivity contribution in [3.8, 4) is 0 Å². The quantitative estimate of drug-likeness (QED) is 0.815. The summed E-state index contributed by atoms with van der Waals surface area (Å²) in [5.41, 5.74) is 10.3. The van der Waals surface area contributed by atoms with E-state index in [9.17, 15) is 0 Å². The van der Waals surface area contributed by atoms with Gasteiger partial charge in [0, 0.05) is 24.8 Å². The third-order valence-electron chi connectivity index (χ3n) is 3.96. The van der Waals surface area contributed by atoms with Crippen LogP contribution in [-0.4, -0.2) is 13.1 Å². The Kier molecular flexibility index (Phi) is 4.00. The van der Waals surface area contributed by atoms with Gasteiger partial charge in [-0.3, -0.25) is 0 Å². The molecule has 2 rings (SSSR count). The lowest BCUT2D eigenvalue weighted by Crippen LogP contribution is -2.31. The van der Waals surface area contributed by atoms with Gasteiger partial charge in [0.15, 0.2) is 0 Å². The molecule has 0 spiro atoms. The maximum Gasteiger partial charge on any atom is 0.0369 e. The highest BCUT2D eigenvalue weighted by molar-refractivity contribution is 5.49. The summed E-state index contributed by atoms with van der Waals surface area (Å²) in [4.78, 5) is 2.43. The van der Waals surface area contributed by atoms with Crippen LogP contribution >= 0.6 is 0 Å². The normalized spacial score (nSPS) is 18.2. The maximum absolute atomic E-state index is 5.89. The molecule has 2 nitrogen and oxygen atoms in total. The fourth-order valence-corrected chi connectivity index (χ4v) is 2.57. The van der Waals surface area contributed by atoms with Crippen molar-refractivity contribution in [2.45, 2.75) is 40.2 Å². The lowest BCUT2D eigenvalue weighted by atomic mass is 9.83. The molecule has 0 fully saturated rings. The van der Waals surface area contributed by atoms with Crippen LogP contribution in [0.15, 0.2) is 35.9 Å². The highest BCUT2D eigenvalue weighted by Crippen LogP contribution is 2.31. The van der Waals surface area contributed by atoms with Crippen LogP contribution in [0.2, 0.25) is 0 Å². The number of hydrogen-bond donors (Lipinski definition) is 1. The third kappa shape index (κ3) is 3.38. The van der Waals surface area contributed by atoms with Crippen molar-refractivity contribution in [2.24, 2.45) is 11.1 Å². The van der Waals surface area contributed by atoms with Crippen LogP contribution in [0.4, 0.5) is 5.69 Å². The molecule has 1 aromatic carbocycles. The minimum atomic E-state index is 0.114. The van der Waals surface area contributed by atoms with Gasteiger partial charge in [-0.05, 0) is 36.5 Å². The molecule has 1 heterocycles. The Morgan fingerprint density at radius 2 is 1.79 bits per heavy atom. The van der Waals surface area contributed by atoms with E-state index in [-0.39, 0.29) is 6.04 Å². The molecular weight excluding hydrogens is 232 g/mol. The zero-order chi connectivity index (χ0) is 14.0. The van der Waals surface area contributed by atoms with Crippen molar-refractivity contribution < 1.29 is 0 Å². The number of benzene rings is 1. The number of anilines is 1. The van der Waals surface area contributed by atoms with E-state index in [4.69, 9.17) is 5.73 Å². The van der Waals surface area contributed by atoms with E-state index < -0.39 is 0 Å². The number of nitrogens with zero attached hydrogens (tertiary/aromatic N) is 1. The minimum Gasteiger partial charge on any atom is -0.367 e. The standard InChI is InChI=1S/C17H26N2/c1-13(18)14-5-7-16(8-6-14)19-11-9-15(10-12-19)17(2,3)4/h5-9,13H,10-12,18H2,1-4H3. The fraction of sp³-hybridized carbons (Fsp3) is 0.529. The average Bonchev–Trinajstić information content (AvgIpc) is 2.38. The van der Waals surface area contributed by atoms with Gasteiger partial charge in [0.05, 0.1) is 0 Å². The molecule has 0 radical (unpaired) electrons. The SMILES string of the molecule is CC(N)c1ccc(N2CC=C(C(C)(C)C)CC2)cc1. The van der Waals surface area contributed by atoms with Gasteiger partial charge in [-0.1, -0.05) is 44.6 Å². The topological polar surface area (TPSA) is 29.3 Å². The summed E-state index contributed by atoms with van der Waals surface area (Å²) in [6, 6.07) is 8.78. The van der Waals surface area contributed by atoms with Crippen LogP contribution in [0.5, 0.6) is 0 Å². The number of hydrogen-bond acceptors (Lipinski definition) is 2. The zero-order valence-corrected chi connectivity index (χ0v) is 12.6. The van der Waals surface area contributed by atoms with E-state index in [0.717, 1.165) is 13.1 Å². The van der Waals surface area contributed by atoms with Gasteiger partial charge >= 0.3 is 0 Å². The van der Waals surface area contributed by atoms with E-state index in [1.165, 1.54) is 17.7 Å². The monoisotopic (exact) mass is 258 g/mol. The molecule has 1 unspecified atom stereocenters. The smallest absolute Gasteiger partial charge is 0.0369 e. The van der Waals surface area contributed by atoms with E-state index >= 15 is 0 Å². The molecule has 0 aliphatic carbocycles. The summed E-state index contributed by atoms with van der Waals surface area (Å²) in [5, 5.41) is 0. The molecule has 0 saturated heterocycles. The Morgan fingerprint density at radius 1 is 1.16 bits per heavy atom. The van der Waals surface area contributed by atoms with Crippen molar-refractivity contribution in [3.05, 3.63) is 41.5 Å². The summed E-state index contributed by atoms with van der Waals surface area (Å²) >= 11 is 0. The summed E-state index contributed by atoms with van der Waals surface area (Å²) in [6.07, 6.45) is 3.56. The van der Waals surface area contributed by atoms with Crippen LogP contribution in [0.1, 0.15) is 45.7 Å². The second kappa shape index (κ2) is 5.38. The third-order valence-corrected chi connectivity index (χ3v) is 3.96. The van der Waals surface area contributed by atoms with Crippen LogP contribution < -0.4 is 10.6 Å². The highest BCUT2D eigenvalue weighted by Gasteiger charge is 2.21. The highest BCUT2D eigenvalue weighted by atomic mass is 15.1. The average molecular weight is 258 g/mol. The Bertz CT molecular complexity index is 449. The molecule has 0 aromatic heterocycles. The summed E-state index contributed by atoms with van der Waals surface area (Å²) < 4.78 is 0. The van der Waals surface area contributed by atoms with Gasteiger partial charge in [-0.2, -0.15) is 0 Å². The first-order valence-corrected chi connectivity index (χ1v) is 7.18. The molecule has 2 heteroatoms.